The normalized spacial score (nSPS) is 18.2. The Balaban J connectivity index is 1.28. The van der Waals surface area contributed by atoms with Gasteiger partial charge in [-0.05, 0) is 99.5 Å². The van der Waals surface area contributed by atoms with Gasteiger partial charge in [-0.2, -0.15) is 0 Å². The summed E-state index contributed by atoms with van der Waals surface area (Å²) in [6, 6.07) is 19.4. The highest BCUT2D eigenvalue weighted by atomic mass is 19.1. The van der Waals surface area contributed by atoms with Crippen LogP contribution in [0.2, 0.25) is 0 Å². The highest BCUT2D eigenvalue weighted by Gasteiger charge is 2.53. The Morgan fingerprint density at radius 3 is 2.46 bits per heavy atom. The van der Waals surface area contributed by atoms with Crippen molar-refractivity contribution < 1.29 is 14.3 Å². The first-order valence-electron chi connectivity index (χ1n) is 14.8. The number of nitrogens with zero attached hydrogens (tertiary/aromatic N) is 4. The molecular formula is C33H44FN5O2. The molecule has 2 heterocycles. The van der Waals surface area contributed by atoms with E-state index in [-0.39, 0.29) is 18.3 Å². The number of anilines is 1. The first-order valence-corrected chi connectivity index (χ1v) is 14.8. The van der Waals surface area contributed by atoms with Gasteiger partial charge in [0.1, 0.15) is 11.4 Å². The molecule has 0 saturated carbocycles. The van der Waals surface area contributed by atoms with Gasteiger partial charge in [-0.1, -0.05) is 36.4 Å². The molecule has 3 aromatic rings. The minimum absolute atomic E-state index is 0.0640. The number of amides is 1. The van der Waals surface area contributed by atoms with E-state index in [1.54, 1.807) is 17.0 Å². The van der Waals surface area contributed by atoms with Gasteiger partial charge in [0, 0.05) is 38.4 Å². The average Bonchev–Trinajstić information content (AvgIpc) is 3.20. The summed E-state index contributed by atoms with van der Waals surface area (Å²) >= 11 is 0. The molecule has 0 bridgehead atoms. The van der Waals surface area contributed by atoms with Gasteiger partial charge >= 0.3 is 0 Å². The second-order valence-electron chi connectivity index (χ2n) is 12.0. The lowest BCUT2D eigenvalue weighted by molar-refractivity contribution is -0.134. The van der Waals surface area contributed by atoms with Crippen molar-refractivity contribution in [1.29, 1.82) is 0 Å². The van der Waals surface area contributed by atoms with Gasteiger partial charge in [-0.25, -0.2) is 4.39 Å². The SMILES string of the molecule is Cc1cccc2cccc(CN3CCC4(CC3)C(=O)N(CC(O)CNCCCN(C)C)CN4c3ccc(F)cc3)c12. The molecule has 220 valence electrons. The summed E-state index contributed by atoms with van der Waals surface area (Å²) in [5.41, 5.74) is 2.74. The van der Waals surface area contributed by atoms with Crippen molar-refractivity contribution in [3.8, 4) is 0 Å². The molecule has 2 aliphatic heterocycles. The molecule has 3 aromatic carbocycles. The van der Waals surface area contributed by atoms with Crippen LogP contribution in [0.1, 0.15) is 30.4 Å². The second-order valence-corrected chi connectivity index (χ2v) is 12.0. The first kappa shape index (κ1) is 29.5. The third kappa shape index (κ3) is 6.56. The van der Waals surface area contributed by atoms with E-state index in [4.69, 9.17) is 0 Å². The van der Waals surface area contributed by atoms with Gasteiger partial charge in [0.2, 0.25) is 5.91 Å². The monoisotopic (exact) mass is 561 g/mol. The molecule has 0 aromatic heterocycles. The van der Waals surface area contributed by atoms with Crippen LogP contribution in [0.5, 0.6) is 0 Å². The maximum atomic E-state index is 14.1. The van der Waals surface area contributed by atoms with Crippen LogP contribution in [0.15, 0.2) is 60.7 Å². The Hall–Kier alpha value is -3.04. The average molecular weight is 562 g/mol. The molecule has 5 rings (SSSR count). The number of rotatable bonds is 11. The maximum absolute atomic E-state index is 14.1. The molecule has 2 saturated heterocycles. The smallest absolute Gasteiger partial charge is 0.250 e. The summed E-state index contributed by atoms with van der Waals surface area (Å²) in [7, 11) is 4.09. The lowest BCUT2D eigenvalue weighted by atomic mass is 9.85. The minimum atomic E-state index is -0.693. The zero-order chi connectivity index (χ0) is 29.0. The van der Waals surface area contributed by atoms with Crippen LogP contribution in [0.3, 0.4) is 0 Å². The largest absolute Gasteiger partial charge is 0.390 e. The number of carbonyl (C=O) groups excluding carboxylic acids is 1. The number of fused-ring (bicyclic) bond motifs is 1. The molecule has 1 unspecified atom stereocenters. The molecule has 8 heteroatoms. The van der Waals surface area contributed by atoms with E-state index in [0.29, 0.717) is 26.1 Å². The zero-order valence-electron chi connectivity index (χ0n) is 24.7. The fourth-order valence-electron chi connectivity index (χ4n) is 6.54. The van der Waals surface area contributed by atoms with E-state index in [1.807, 2.05) is 14.1 Å². The predicted octanol–water partition coefficient (Wildman–Crippen LogP) is 3.83. The van der Waals surface area contributed by atoms with Crippen molar-refractivity contribution in [1.82, 2.24) is 20.0 Å². The van der Waals surface area contributed by atoms with Crippen molar-refractivity contribution in [2.24, 2.45) is 0 Å². The van der Waals surface area contributed by atoms with E-state index < -0.39 is 11.6 Å². The quantitative estimate of drug-likeness (QED) is 0.347. The fraction of sp³-hybridized carbons (Fsp3) is 0.485. The Morgan fingerprint density at radius 1 is 1.05 bits per heavy atom. The highest BCUT2D eigenvalue weighted by Crippen LogP contribution is 2.40. The standard InChI is InChI=1S/C33H44FN5O2/c1-25-7-4-8-26-9-5-10-27(31(25)26)22-37-19-15-33(16-20-37)32(41)38(23-30(40)21-35-17-6-18-36(2)3)24-39(33)29-13-11-28(34)12-14-29/h4-5,7-14,30,35,40H,6,15-24H2,1-3H3. The maximum Gasteiger partial charge on any atom is 0.250 e. The van der Waals surface area contributed by atoms with Crippen LogP contribution >= 0.6 is 0 Å². The molecule has 7 nitrogen and oxygen atoms in total. The molecule has 0 radical (unpaired) electrons. The van der Waals surface area contributed by atoms with E-state index in [2.05, 4.69) is 63.3 Å². The molecule has 2 aliphatic rings. The number of piperidine rings is 1. The van der Waals surface area contributed by atoms with Crippen LogP contribution in [0, 0.1) is 12.7 Å². The molecule has 1 atom stereocenters. The summed E-state index contributed by atoms with van der Waals surface area (Å²) in [5, 5.41) is 16.7. The molecule has 1 spiro atoms. The summed E-state index contributed by atoms with van der Waals surface area (Å²) in [6.45, 7) is 7.50. The Kier molecular flexibility index (Phi) is 9.24. The van der Waals surface area contributed by atoms with Gasteiger partial charge in [0.25, 0.3) is 0 Å². The number of hydrogen-bond donors (Lipinski definition) is 2. The van der Waals surface area contributed by atoms with Gasteiger partial charge in [0.05, 0.1) is 12.8 Å². The Labute approximate surface area is 243 Å². The van der Waals surface area contributed by atoms with Gasteiger partial charge in [0.15, 0.2) is 0 Å². The summed E-state index contributed by atoms with van der Waals surface area (Å²) < 4.78 is 13.8. The molecule has 2 N–H and O–H groups in total. The van der Waals surface area contributed by atoms with E-state index in [9.17, 15) is 14.3 Å². The second kappa shape index (κ2) is 12.9. The number of carbonyl (C=O) groups is 1. The van der Waals surface area contributed by atoms with Crippen molar-refractivity contribution in [3.63, 3.8) is 0 Å². The number of aliphatic hydroxyl groups excluding tert-OH is 1. The van der Waals surface area contributed by atoms with E-state index in [0.717, 1.165) is 44.8 Å². The fourth-order valence-corrected chi connectivity index (χ4v) is 6.54. The van der Waals surface area contributed by atoms with Crippen LogP contribution in [-0.2, 0) is 11.3 Å². The Bertz CT molecular complexity index is 1320. The molecular weight excluding hydrogens is 517 g/mol. The number of β-amino-alcohol motifs (C(OH)–C–C–N with tert-alkyl or cyclic N) is 1. The minimum Gasteiger partial charge on any atom is -0.390 e. The van der Waals surface area contributed by atoms with Crippen molar-refractivity contribution in [2.45, 2.75) is 44.4 Å². The number of hydrogen-bond acceptors (Lipinski definition) is 6. The summed E-state index contributed by atoms with van der Waals surface area (Å²) in [5.74, 6) is -0.227. The zero-order valence-corrected chi connectivity index (χ0v) is 24.7. The van der Waals surface area contributed by atoms with Crippen molar-refractivity contribution in [2.75, 3.05) is 64.9 Å². The van der Waals surface area contributed by atoms with Crippen LogP contribution in [0.4, 0.5) is 10.1 Å². The van der Waals surface area contributed by atoms with Crippen molar-refractivity contribution in [3.05, 3.63) is 77.6 Å². The lowest BCUT2D eigenvalue weighted by Crippen LogP contribution is -2.56. The van der Waals surface area contributed by atoms with Gasteiger partial charge < -0.3 is 25.1 Å². The number of aryl methyl sites for hydroxylation is 1. The van der Waals surface area contributed by atoms with Gasteiger partial charge in [-0.15, -0.1) is 0 Å². The van der Waals surface area contributed by atoms with Crippen LogP contribution < -0.4 is 10.2 Å². The van der Waals surface area contributed by atoms with E-state index >= 15 is 0 Å². The number of likely N-dealkylation sites (tertiary alicyclic amines) is 1. The van der Waals surface area contributed by atoms with Crippen LogP contribution in [0.25, 0.3) is 10.8 Å². The third-order valence-corrected chi connectivity index (χ3v) is 8.70. The number of aliphatic hydroxyl groups is 1. The predicted molar refractivity (Wildman–Crippen MR) is 163 cm³/mol. The number of halogens is 1. The van der Waals surface area contributed by atoms with E-state index in [1.165, 1.54) is 34.0 Å². The third-order valence-electron chi connectivity index (χ3n) is 8.70. The summed E-state index contributed by atoms with van der Waals surface area (Å²) in [4.78, 5) is 22.6. The number of nitrogens with one attached hydrogen (secondary N) is 1. The molecule has 2 fully saturated rings. The summed E-state index contributed by atoms with van der Waals surface area (Å²) in [6.07, 6.45) is 1.71. The van der Waals surface area contributed by atoms with Crippen LogP contribution in [-0.4, -0.2) is 97.4 Å². The number of benzene rings is 3. The lowest BCUT2D eigenvalue weighted by Gasteiger charge is -2.43. The molecule has 0 aliphatic carbocycles. The first-order chi connectivity index (χ1) is 19.8. The Morgan fingerprint density at radius 2 is 1.76 bits per heavy atom. The molecule has 1 amide bonds. The van der Waals surface area contributed by atoms with Gasteiger partial charge in [-0.3, -0.25) is 9.69 Å². The van der Waals surface area contributed by atoms with Crippen molar-refractivity contribution >= 4 is 22.4 Å². The topological polar surface area (TPSA) is 62.3 Å². The highest BCUT2D eigenvalue weighted by molar-refractivity contribution is 5.93. The molecule has 41 heavy (non-hydrogen) atoms.